The van der Waals surface area contributed by atoms with E-state index < -0.39 is 0 Å². The van der Waals surface area contributed by atoms with Crippen LogP contribution in [0.1, 0.15) is 58.4 Å². The molecule has 0 saturated heterocycles. The number of rotatable bonds is 11. The quantitative estimate of drug-likeness (QED) is 0.405. The van der Waals surface area contributed by atoms with Gasteiger partial charge >= 0.3 is 0 Å². The maximum absolute atomic E-state index is 12.4. The van der Waals surface area contributed by atoms with Gasteiger partial charge in [-0.2, -0.15) is 0 Å². The first-order chi connectivity index (χ1) is 15.9. The Hall–Kier alpha value is -3.19. The summed E-state index contributed by atoms with van der Waals surface area (Å²) in [5, 5.41) is 8.10. The maximum atomic E-state index is 12.4. The average Bonchev–Trinajstić information content (AvgIpc) is 3.29. The van der Waals surface area contributed by atoms with Crippen molar-refractivity contribution < 1.29 is 14.3 Å². The largest absolute Gasteiger partial charge is 0.486 e. The van der Waals surface area contributed by atoms with E-state index in [1.54, 1.807) is 5.38 Å². The standard InChI is InChI=1S/C26H31N3O3S/c1-18(2)21-11-9-19(3)15-23(21)32-16-25-29-22(17-33-25)26(31)28-14-13-27-24(30)12-10-20-7-5-4-6-8-20/h4-9,11,15,17-18H,10,12-14,16H2,1-3H3,(H,27,30)(H,28,31). The van der Waals surface area contributed by atoms with Crippen molar-refractivity contribution in [3.8, 4) is 5.75 Å². The van der Waals surface area contributed by atoms with E-state index in [0.29, 0.717) is 44.1 Å². The molecule has 1 heterocycles. The Morgan fingerprint density at radius 1 is 1.06 bits per heavy atom. The molecule has 6 nitrogen and oxygen atoms in total. The fraction of sp³-hybridized carbons (Fsp3) is 0.346. The number of carbonyl (C=O) groups is 2. The molecule has 7 heteroatoms. The molecule has 0 aliphatic carbocycles. The van der Waals surface area contributed by atoms with Crippen LogP contribution in [0.2, 0.25) is 0 Å². The Labute approximate surface area is 199 Å². The molecule has 1 aromatic heterocycles. The number of amides is 2. The van der Waals surface area contributed by atoms with Crippen molar-refractivity contribution in [1.29, 1.82) is 0 Å². The summed E-state index contributed by atoms with van der Waals surface area (Å²) < 4.78 is 6.01. The van der Waals surface area contributed by atoms with Crippen molar-refractivity contribution in [1.82, 2.24) is 15.6 Å². The van der Waals surface area contributed by atoms with Gasteiger partial charge in [0.05, 0.1) is 0 Å². The smallest absolute Gasteiger partial charge is 0.270 e. The SMILES string of the molecule is Cc1ccc(C(C)C)c(OCc2nc(C(=O)NCCNC(=O)CCc3ccccc3)cs2)c1. The summed E-state index contributed by atoms with van der Waals surface area (Å²) in [5.74, 6) is 0.929. The molecule has 0 bridgehead atoms. The molecule has 0 atom stereocenters. The zero-order valence-corrected chi connectivity index (χ0v) is 20.2. The van der Waals surface area contributed by atoms with Crippen LogP contribution >= 0.6 is 11.3 Å². The predicted molar refractivity (Wildman–Crippen MR) is 132 cm³/mol. The molecule has 2 N–H and O–H groups in total. The van der Waals surface area contributed by atoms with Crippen LogP contribution in [0.4, 0.5) is 0 Å². The molecule has 0 unspecified atom stereocenters. The van der Waals surface area contributed by atoms with E-state index in [-0.39, 0.29) is 11.8 Å². The van der Waals surface area contributed by atoms with Gasteiger partial charge in [-0.05, 0) is 42.0 Å². The summed E-state index contributed by atoms with van der Waals surface area (Å²) >= 11 is 1.40. The Morgan fingerprint density at radius 2 is 1.82 bits per heavy atom. The predicted octanol–water partition coefficient (Wildman–Crippen LogP) is 4.63. The molecular formula is C26H31N3O3S. The molecule has 3 aromatic rings. The van der Waals surface area contributed by atoms with E-state index in [2.05, 4.69) is 41.6 Å². The summed E-state index contributed by atoms with van der Waals surface area (Å²) in [7, 11) is 0. The number of thiazole rings is 1. The third kappa shape index (κ3) is 7.71. The highest BCUT2D eigenvalue weighted by Crippen LogP contribution is 2.28. The van der Waals surface area contributed by atoms with Crippen molar-refractivity contribution in [3.63, 3.8) is 0 Å². The van der Waals surface area contributed by atoms with Gasteiger partial charge in [0.25, 0.3) is 5.91 Å². The minimum absolute atomic E-state index is 0.0295. The van der Waals surface area contributed by atoms with Gasteiger partial charge in [-0.15, -0.1) is 11.3 Å². The van der Waals surface area contributed by atoms with E-state index in [1.807, 2.05) is 43.3 Å². The first kappa shape index (κ1) is 24.5. The van der Waals surface area contributed by atoms with Gasteiger partial charge in [0.15, 0.2) is 0 Å². The Bertz CT molecular complexity index is 1060. The Kier molecular flexibility index (Phi) is 9.01. The van der Waals surface area contributed by atoms with Gasteiger partial charge in [-0.25, -0.2) is 4.98 Å². The van der Waals surface area contributed by atoms with Crippen LogP contribution in [0, 0.1) is 6.92 Å². The van der Waals surface area contributed by atoms with Crippen molar-refractivity contribution in [3.05, 3.63) is 81.3 Å². The lowest BCUT2D eigenvalue weighted by Crippen LogP contribution is -2.34. The van der Waals surface area contributed by atoms with Crippen LogP contribution in [0.25, 0.3) is 0 Å². The highest BCUT2D eigenvalue weighted by atomic mass is 32.1. The van der Waals surface area contributed by atoms with Crippen LogP contribution in [0.3, 0.4) is 0 Å². The number of carbonyl (C=O) groups excluding carboxylic acids is 2. The van der Waals surface area contributed by atoms with Gasteiger partial charge in [-0.1, -0.05) is 56.3 Å². The van der Waals surface area contributed by atoms with Crippen LogP contribution < -0.4 is 15.4 Å². The first-order valence-corrected chi connectivity index (χ1v) is 12.1. The van der Waals surface area contributed by atoms with E-state index in [4.69, 9.17) is 4.74 Å². The van der Waals surface area contributed by atoms with Crippen molar-refractivity contribution in [2.45, 2.75) is 46.1 Å². The van der Waals surface area contributed by atoms with E-state index in [1.165, 1.54) is 11.3 Å². The van der Waals surface area contributed by atoms with Crippen LogP contribution in [0.5, 0.6) is 5.75 Å². The average molecular weight is 466 g/mol. The molecule has 2 aromatic carbocycles. The lowest BCUT2D eigenvalue weighted by atomic mass is 10.0. The fourth-order valence-electron chi connectivity index (χ4n) is 3.32. The van der Waals surface area contributed by atoms with Crippen LogP contribution in [-0.2, 0) is 17.8 Å². The summed E-state index contributed by atoms with van der Waals surface area (Å²) in [4.78, 5) is 28.7. The van der Waals surface area contributed by atoms with Crippen LogP contribution in [0.15, 0.2) is 53.9 Å². The number of nitrogens with zero attached hydrogens (tertiary/aromatic N) is 1. The normalized spacial score (nSPS) is 10.8. The third-order valence-electron chi connectivity index (χ3n) is 5.14. The van der Waals surface area contributed by atoms with Gasteiger partial charge in [0.1, 0.15) is 23.1 Å². The second-order valence-corrected chi connectivity index (χ2v) is 9.15. The summed E-state index contributed by atoms with van der Waals surface area (Å²) in [6.45, 7) is 7.35. The second-order valence-electron chi connectivity index (χ2n) is 8.20. The molecule has 0 aliphatic rings. The number of nitrogens with one attached hydrogen (secondary N) is 2. The topological polar surface area (TPSA) is 80.3 Å². The molecule has 0 fully saturated rings. The highest BCUT2D eigenvalue weighted by Gasteiger charge is 2.13. The fourth-order valence-corrected chi connectivity index (χ4v) is 4.01. The highest BCUT2D eigenvalue weighted by molar-refractivity contribution is 7.09. The molecule has 3 rings (SSSR count). The maximum Gasteiger partial charge on any atom is 0.270 e. The lowest BCUT2D eigenvalue weighted by Gasteiger charge is -2.14. The number of hydrogen-bond acceptors (Lipinski definition) is 5. The number of benzene rings is 2. The number of aryl methyl sites for hydroxylation is 2. The van der Waals surface area contributed by atoms with Crippen molar-refractivity contribution in [2.24, 2.45) is 0 Å². The molecule has 0 spiro atoms. The van der Waals surface area contributed by atoms with Gasteiger partial charge in [0, 0.05) is 24.9 Å². The first-order valence-electron chi connectivity index (χ1n) is 11.2. The summed E-state index contributed by atoms with van der Waals surface area (Å²) in [6, 6.07) is 16.1. The van der Waals surface area contributed by atoms with Gasteiger partial charge < -0.3 is 15.4 Å². The van der Waals surface area contributed by atoms with Crippen molar-refractivity contribution >= 4 is 23.2 Å². The zero-order chi connectivity index (χ0) is 23.6. The summed E-state index contributed by atoms with van der Waals surface area (Å²) in [5.41, 5.74) is 3.79. The summed E-state index contributed by atoms with van der Waals surface area (Å²) in [6.07, 6.45) is 1.12. The molecule has 0 saturated carbocycles. The molecule has 174 valence electrons. The third-order valence-corrected chi connectivity index (χ3v) is 5.97. The van der Waals surface area contributed by atoms with Crippen molar-refractivity contribution in [2.75, 3.05) is 13.1 Å². The monoisotopic (exact) mass is 465 g/mol. The van der Waals surface area contributed by atoms with Gasteiger partial charge in [-0.3, -0.25) is 9.59 Å². The zero-order valence-electron chi connectivity index (χ0n) is 19.4. The number of aromatic nitrogens is 1. The molecule has 33 heavy (non-hydrogen) atoms. The second kappa shape index (κ2) is 12.2. The number of ether oxygens (including phenoxy) is 1. The van der Waals surface area contributed by atoms with Gasteiger partial charge in [0.2, 0.25) is 5.91 Å². The minimum Gasteiger partial charge on any atom is -0.486 e. The van der Waals surface area contributed by atoms with E-state index >= 15 is 0 Å². The molecular weight excluding hydrogens is 434 g/mol. The number of hydrogen-bond donors (Lipinski definition) is 2. The minimum atomic E-state index is -0.255. The Balaban J connectivity index is 1.39. The molecule has 0 radical (unpaired) electrons. The molecule has 2 amide bonds. The molecule has 0 aliphatic heterocycles. The lowest BCUT2D eigenvalue weighted by molar-refractivity contribution is -0.121. The van der Waals surface area contributed by atoms with E-state index in [0.717, 1.165) is 27.4 Å². The van der Waals surface area contributed by atoms with Crippen LogP contribution in [-0.4, -0.2) is 29.9 Å². The Morgan fingerprint density at radius 3 is 2.58 bits per heavy atom. The van der Waals surface area contributed by atoms with E-state index in [9.17, 15) is 9.59 Å².